The molecule has 2 aromatic heterocycles. The number of likely N-dealkylation sites (tertiary alicyclic amines) is 1. The molecule has 0 radical (unpaired) electrons. The highest BCUT2D eigenvalue weighted by Crippen LogP contribution is 2.33. The fourth-order valence-corrected chi connectivity index (χ4v) is 4.76. The highest BCUT2D eigenvalue weighted by molar-refractivity contribution is 5.91. The van der Waals surface area contributed by atoms with Gasteiger partial charge < -0.3 is 5.32 Å². The number of hydrogen-bond acceptors (Lipinski definition) is 4. The van der Waals surface area contributed by atoms with E-state index in [0.717, 1.165) is 44.0 Å². The number of nitrogens with one attached hydrogen (secondary N) is 1. The number of piperidine rings is 1. The average molecular weight is 455 g/mol. The molecule has 1 unspecified atom stereocenters. The molecule has 1 N–H and O–H groups in total. The molecule has 1 fully saturated rings. The number of aromatic nitrogens is 2. The molecule has 1 amide bonds. The second-order valence-electron chi connectivity index (χ2n) is 8.99. The van der Waals surface area contributed by atoms with Gasteiger partial charge in [-0.1, -0.05) is 55.3 Å². The lowest BCUT2D eigenvalue weighted by Gasteiger charge is -2.38. The summed E-state index contributed by atoms with van der Waals surface area (Å²) in [5, 5.41) is 2.99. The molecule has 5 heteroatoms. The maximum atomic E-state index is 12.0. The zero-order chi connectivity index (χ0) is 23.4. The van der Waals surface area contributed by atoms with Gasteiger partial charge in [-0.2, -0.15) is 0 Å². The van der Waals surface area contributed by atoms with E-state index in [1.54, 1.807) is 24.5 Å². The van der Waals surface area contributed by atoms with Gasteiger partial charge in [0.1, 0.15) is 0 Å². The van der Waals surface area contributed by atoms with E-state index in [0.29, 0.717) is 0 Å². The predicted molar refractivity (Wildman–Crippen MR) is 137 cm³/mol. The van der Waals surface area contributed by atoms with Gasteiger partial charge in [0, 0.05) is 37.4 Å². The van der Waals surface area contributed by atoms with E-state index in [9.17, 15) is 4.79 Å². The number of unbranched alkanes of at least 4 members (excludes halogenated alkanes) is 1. The first-order chi connectivity index (χ1) is 16.8. The molecule has 1 aromatic carbocycles. The minimum Gasteiger partial charge on any atom is -0.353 e. The van der Waals surface area contributed by atoms with Crippen molar-refractivity contribution in [1.82, 2.24) is 20.2 Å². The number of nitrogens with zero attached hydrogens (tertiary/aromatic N) is 3. The maximum Gasteiger partial charge on any atom is 0.243 e. The van der Waals surface area contributed by atoms with E-state index in [2.05, 4.69) is 56.6 Å². The van der Waals surface area contributed by atoms with Crippen LogP contribution in [0.25, 0.3) is 6.08 Å². The number of amides is 1. The number of benzene rings is 1. The van der Waals surface area contributed by atoms with Crippen LogP contribution in [0.3, 0.4) is 0 Å². The van der Waals surface area contributed by atoms with Crippen molar-refractivity contribution < 1.29 is 4.79 Å². The van der Waals surface area contributed by atoms with E-state index in [4.69, 9.17) is 0 Å². The van der Waals surface area contributed by atoms with Gasteiger partial charge in [-0.3, -0.25) is 19.7 Å². The molecule has 3 aromatic rings. The van der Waals surface area contributed by atoms with E-state index in [1.165, 1.54) is 30.4 Å². The molecular weight excluding hydrogens is 420 g/mol. The molecule has 5 nitrogen and oxygen atoms in total. The Labute approximate surface area is 203 Å². The van der Waals surface area contributed by atoms with Crippen molar-refractivity contribution >= 4 is 12.0 Å². The molecule has 0 bridgehead atoms. The maximum absolute atomic E-state index is 12.0. The summed E-state index contributed by atoms with van der Waals surface area (Å²) in [6, 6.07) is 19.1. The van der Waals surface area contributed by atoms with Crippen molar-refractivity contribution in [3.63, 3.8) is 0 Å². The monoisotopic (exact) mass is 454 g/mol. The lowest BCUT2D eigenvalue weighted by atomic mass is 9.89. The van der Waals surface area contributed by atoms with E-state index in [1.807, 2.05) is 30.6 Å². The third-order valence-corrected chi connectivity index (χ3v) is 6.58. The second-order valence-corrected chi connectivity index (χ2v) is 8.99. The Balaban J connectivity index is 1.18. The molecule has 0 saturated carbocycles. The van der Waals surface area contributed by atoms with Gasteiger partial charge in [-0.05, 0) is 73.2 Å². The number of pyridine rings is 2. The van der Waals surface area contributed by atoms with Crippen molar-refractivity contribution in [2.75, 3.05) is 19.6 Å². The van der Waals surface area contributed by atoms with Gasteiger partial charge in [0.2, 0.25) is 5.91 Å². The van der Waals surface area contributed by atoms with E-state index in [-0.39, 0.29) is 11.9 Å². The molecule has 0 spiro atoms. The standard InChI is InChI=1S/C29H34N4O/c34-28(14-13-25-9-6-17-30-22-25)32-19-5-4-8-24-15-20-33(21-16-24)29(26-10-2-1-3-11-26)27-12-7-18-31-23-27/h1-3,6-7,9-14,17-18,22-24,29H,4-5,8,15-16,19-21H2,(H,32,34). The fourth-order valence-electron chi connectivity index (χ4n) is 4.76. The average Bonchev–Trinajstić information content (AvgIpc) is 2.90. The Morgan fingerprint density at radius 1 is 0.941 bits per heavy atom. The molecule has 176 valence electrons. The van der Waals surface area contributed by atoms with E-state index >= 15 is 0 Å². The van der Waals surface area contributed by atoms with Crippen molar-refractivity contribution in [2.45, 2.75) is 38.1 Å². The Kier molecular flexibility index (Phi) is 8.98. The highest BCUT2D eigenvalue weighted by atomic mass is 16.1. The molecule has 1 aliphatic rings. The van der Waals surface area contributed by atoms with Crippen LogP contribution in [0.4, 0.5) is 0 Å². The molecule has 0 aliphatic carbocycles. The summed E-state index contributed by atoms with van der Waals surface area (Å²) in [6.07, 6.45) is 16.6. The Bertz CT molecular complexity index is 976. The molecule has 3 heterocycles. The summed E-state index contributed by atoms with van der Waals surface area (Å²) >= 11 is 0. The number of carbonyl (C=O) groups is 1. The molecular formula is C29H34N4O. The normalized spacial score (nSPS) is 15.9. The van der Waals surface area contributed by atoms with Crippen LogP contribution in [0.15, 0.2) is 85.5 Å². The van der Waals surface area contributed by atoms with Gasteiger partial charge in [-0.25, -0.2) is 0 Å². The second kappa shape index (κ2) is 12.8. The third-order valence-electron chi connectivity index (χ3n) is 6.58. The minimum absolute atomic E-state index is 0.0421. The van der Waals surface area contributed by atoms with Gasteiger partial charge in [0.25, 0.3) is 0 Å². The topological polar surface area (TPSA) is 58.1 Å². The highest BCUT2D eigenvalue weighted by Gasteiger charge is 2.27. The summed E-state index contributed by atoms with van der Waals surface area (Å²) in [7, 11) is 0. The SMILES string of the molecule is O=C(C=Cc1cccnc1)NCCCCC1CCN(C(c2ccccc2)c2cccnc2)CC1. The van der Waals surface area contributed by atoms with Crippen LogP contribution in [-0.2, 0) is 4.79 Å². The predicted octanol–water partition coefficient (Wildman–Crippen LogP) is 5.28. The van der Waals surface area contributed by atoms with Crippen molar-refractivity contribution in [3.05, 3.63) is 102 Å². The lowest BCUT2D eigenvalue weighted by Crippen LogP contribution is -2.37. The first-order valence-electron chi connectivity index (χ1n) is 12.3. The Morgan fingerprint density at radius 2 is 1.68 bits per heavy atom. The van der Waals surface area contributed by atoms with Crippen molar-refractivity contribution in [1.29, 1.82) is 0 Å². The molecule has 1 aliphatic heterocycles. The van der Waals surface area contributed by atoms with Crippen LogP contribution >= 0.6 is 0 Å². The zero-order valence-corrected chi connectivity index (χ0v) is 19.7. The summed E-state index contributed by atoms with van der Waals surface area (Å²) in [6.45, 7) is 2.94. The van der Waals surface area contributed by atoms with Crippen LogP contribution < -0.4 is 5.32 Å². The summed E-state index contributed by atoms with van der Waals surface area (Å²) in [5.41, 5.74) is 3.53. The van der Waals surface area contributed by atoms with Crippen LogP contribution in [0.1, 0.15) is 54.8 Å². The fraction of sp³-hybridized carbons (Fsp3) is 0.345. The Hall–Kier alpha value is -3.31. The van der Waals surface area contributed by atoms with Crippen LogP contribution in [0.2, 0.25) is 0 Å². The summed E-state index contributed by atoms with van der Waals surface area (Å²) < 4.78 is 0. The zero-order valence-electron chi connectivity index (χ0n) is 19.7. The van der Waals surface area contributed by atoms with E-state index < -0.39 is 0 Å². The largest absolute Gasteiger partial charge is 0.353 e. The number of rotatable bonds is 10. The summed E-state index contributed by atoms with van der Waals surface area (Å²) in [5.74, 6) is 0.724. The summed E-state index contributed by atoms with van der Waals surface area (Å²) in [4.78, 5) is 23.0. The molecule has 4 rings (SSSR count). The molecule has 34 heavy (non-hydrogen) atoms. The Morgan fingerprint density at radius 3 is 2.38 bits per heavy atom. The van der Waals surface area contributed by atoms with Gasteiger partial charge >= 0.3 is 0 Å². The van der Waals surface area contributed by atoms with Gasteiger partial charge in [0.05, 0.1) is 6.04 Å². The lowest BCUT2D eigenvalue weighted by molar-refractivity contribution is -0.116. The van der Waals surface area contributed by atoms with Crippen molar-refractivity contribution in [2.24, 2.45) is 5.92 Å². The third kappa shape index (κ3) is 7.09. The minimum atomic E-state index is -0.0421. The quantitative estimate of drug-likeness (QED) is 0.335. The first kappa shape index (κ1) is 23.8. The van der Waals surface area contributed by atoms with Crippen molar-refractivity contribution in [3.8, 4) is 0 Å². The molecule has 1 atom stereocenters. The van der Waals surface area contributed by atoms with Gasteiger partial charge in [-0.15, -0.1) is 0 Å². The number of hydrogen-bond donors (Lipinski definition) is 1. The number of carbonyl (C=O) groups excluding carboxylic acids is 1. The van der Waals surface area contributed by atoms with Crippen LogP contribution in [-0.4, -0.2) is 40.4 Å². The molecule has 1 saturated heterocycles. The van der Waals surface area contributed by atoms with Crippen LogP contribution in [0.5, 0.6) is 0 Å². The van der Waals surface area contributed by atoms with Crippen LogP contribution in [0, 0.1) is 5.92 Å². The first-order valence-corrected chi connectivity index (χ1v) is 12.3. The van der Waals surface area contributed by atoms with Gasteiger partial charge in [0.15, 0.2) is 0 Å². The smallest absolute Gasteiger partial charge is 0.243 e.